The fraction of sp³-hybridized carbons (Fsp3) is 0.455. The zero-order valence-electron chi connectivity index (χ0n) is 16.6. The van der Waals surface area contributed by atoms with Crippen molar-refractivity contribution in [3.63, 3.8) is 0 Å². The van der Waals surface area contributed by atoms with Gasteiger partial charge in [-0.05, 0) is 42.9 Å². The van der Waals surface area contributed by atoms with E-state index in [0.29, 0.717) is 12.5 Å². The lowest BCUT2D eigenvalue weighted by Gasteiger charge is -2.30. The Morgan fingerprint density at radius 2 is 1.74 bits per heavy atom. The second-order valence-electron chi connectivity index (χ2n) is 7.66. The van der Waals surface area contributed by atoms with Gasteiger partial charge in [-0.15, -0.1) is 0 Å². The minimum atomic E-state index is -3.15. The van der Waals surface area contributed by atoms with Crippen LogP contribution in [0.2, 0.25) is 0 Å². The molecule has 0 amide bonds. The molecule has 0 fully saturated rings. The minimum absolute atomic E-state index is 0.193. The Morgan fingerprint density at radius 3 is 2.44 bits per heavy atom. The minimum Gasteiger partial charge on any atom is -0.292 e. The molecule has 146 valence electrons. The molecule has 1 aliphatic carbocycles. The molecular formula is C22H30N2O2S. The molecule has 4 nitrogen and oxygen atoms in total. The van der Waals surface area contributed by atoms with Gasteiger partial charge in [-0.2, -0.15) is 0 Å². The van der Waals surface area contributed by atoms with Crippen molar-refractivity contribution >= 4 is 10.0 Å². The first-order valence-electron chi connectivity index (χ1n) is 9.64. The summed E-state index contributed by atoms with van der Waals surface area (Å²) in [5, 5.41) is 0. The number of nitrogens with zero attached hydrogens (tertiary/aromatic N) is 2. The van der Waals surface area contributed by atoms with Gasteiger partial charge >= 0.3 is 0 Å². The smallest absolute Gasteiger partial charge is 0.213 e. The summed E-state index contributed by atoms with van der Waals surface area (Å²) in [6.07, 6.45) is 2.85. The van der Waals surface area contributed by atoms with E-state index in [9.17, 15) is 8.42 Å². The van der Waals surface area contributed by atoms with Crippen LogP contribution in [0.3, 0.4) is 0 Å². The van der Waals surface area contributed by atoms with Crippen molar-refractivity contribution in [3.8, 4) is 0 Å². The predicted octanol–water partition coefficient (Wildman–Crippen LogP) is 3.77. The standard InChI is InChI=1S/C22H30N2O2S/c1-18-9-11-19(12-10-18)17-24(15-6-16-27(25,26)23(2)3)22-14-13-20-7-4-5-8-21(20)22/h4-5,7-12,22H,6,13-17H2,1-3H3. The van der Waals surface area contributed by atoms with Gasteiger partial charge in [0.2, 0.25) is 10.0 Å². The van der Waals surface area contributed by atoms with Crippen molar-refractivity contribution in [2.75, 3.05) is 26.4 Å². The van der Waals surface area contributed by atoms with Crippen molar-refractivity contribution in [2.45, 2.75) is 38.8 Å². The zero-order valence-corrected chi connectivity index (χ0v) is 17.4. The van der Waals surface area contributed by atoms with E-state index in [0.717, 1.165) is 25.9 Å². The van der Waals surface area contributed by atoms with Gasteiger partial charge in [-0.1, -0.05) is 54.1 Å². The van der Waals surface area contributed by atoms with Crippen LogP contribution in [-0.4, -0.2) is 44.0 Å². The van der Waals surface area contributed by atoms with Crippen LogP contribution in [0.1, 0.15) is 41.1 Å². The number of hydrogen-bond acceptors (Lipinski definition) is 3. The largest absolute Gasteiger partial charge is 0.292 e. The number of hydrogen-bond donors (Lipinski definition) is 0. The molecule has 0 aliphatic heterocycles. The first-order valence-corrected chi connectivity index (χ1v) is 11.3. The van der Waals surface area contributed by atoms with Crippen LogP contribution >= 0.6 is 0 Å². The zero-order chi connectivity index (χ0) is 19.4. The van der Waals surface area contributed by atoms with E-state index in [2.05, 4.69) is 60.4 Å². The lowest BCUT2D eigenvalue weighted by Crippen LogP contribution is -2.31. The number of fused-ring (bicyclic) bond motifs is 1. The van der Waals surface area contributed by atoms with Gasteiger partial charge in [-0.3, -0.25) is 4.90 Å². The summed E-state index contributed by atoms with van der Waals surface area (Å²) in [6.45, 7) is 3.72. The molecule has 1 atom stereocenters. The van der Waals surface area contributed by atoms with Gasteiger partial charge in [0.25, 0.3) is 0 Å². The van der Waals surface area contributed by atoms with E-state index in [4.69, 9.17) is 0 Å². The predicted molar refractivity (Wildman–Crippen MR) is 111 cm³/mol. The lowest BCUT2D eigenvalue weighted by atomic mass is 10.1. The monoisotopic (exact) mass is 386 g/mol. The molecule has 0 N–H and O–H groups in total. The second-order valence-corrected chi connectivity index (χ2v) is 9.96. The summed E-state index contributed by atoms with van der Waals surface area (Å²) in [6, 6.07) is 17.7. The van der Waals surface area contributed by atoms with Crippen molar-refractivity contribution < 1.29 is 8.42 Å². The Kier molecular flexibility index (Phi) is 6.35. The Morgan fingerprint density at radius 1 is 1.04 bits per heavy atom. The second kappa shape index (κ2) is 8.55. The molecule has 1 aliphatic rings. The molecule has 0 saturated heterocycles. The maximum Gasteiger partial charge on any atom is 0.213 e. The van der Waals surface area contributed by atoms with E-state index in [1.54, 1.807) is 14.1 Å². The summed E-state index contributed by atoms with van der Waals surface area (Å²) in [5.74, 6) is 0.193. The maximum absolute atomic E-state index is 12.1. The molecular weight excluding hydrogens is 356 g/mol. The van der Waals surface area contributed by atoms with E-state index >= 15 is 0 Å². The quantitative estimate of drug-likeness (QED) is 0.693. The molecule has 0 heterocycles. The van der Waals surface area contributed by atoms with Crippen LogP contribution in [-0.2, 0) is 23.0 Å². The van der Waals surface area contributed by atoms with Gasteiger partial charge in [0.1, 0.15) is 0 Å². The molecule has 0 saturated carbocycles. The normalized spacial score (nSPS) is 16.9. The van der Waals surface area contributed by atoms with Crippen molar-refractivity contribution in [3.05, 3.63) is 70.8 Å². The molecule has 0 aromatic heterocycles. The van der Waals surface area contributed by atoms with Gasteiger partial charge in [0.05, 0.1) is 5.75 Å². The third-order valence-electron chi connectivity index (χ3n) is 5.45. The highest BCUT2D eigenvalue weighted by Crippen LogP contribution is 2.36. The summed E-state index contributed by atoms with van der Waals surface area (Å²) < 4.78 is 25.6. The summed E-state index contributed by atoms with van der Waals surface area (Å²) in [5.41, 5.74) is 5.37. The Balaban J connectivity index is 1.76. The van der Waals surface area contributed by atoms with Crippen molar-refractivity contribution in [1.82, 2.24) is 9.21 Å². The molecule has 2 aromatic carbocycles. The van der Waals surface area contributed by atoms with E-state index in [-0.39, 0.29) is 5.75 Å². The van der Waals surface area contributed by atoms with E-state index in [1.165, 1.54) is 26.6 Å². The fourth-order valence-electron chi connectivity index (χ4n) is 3.82. The summed E-state index contributed by atoms with van der Waals surface area (Å²) in [7, 11) is 0.0579. The molecule has 0 radical (unpaired) electrons. The van der Waals surface area contributed by atoms with E-state index in [1.807, 2.05) is 0 Å². The SMILES string of the molecule is Cc1ccc(CN(CCCS(=O)(=O)N(C)C)C2CCc3ccccc32)cc1. The number of aryl methyl sites for hydroxylation is 2. The van der Waals surface area contributed by atoms with Crippen LogP contribution in [0, 0.1) is 6.92 Å². The molecule has 27 heavy (non-hydrogen) atoms. The highest BCUT2D eigenvalue weighted by Gasteiger charge is 2.28. The van der Waals surface area contributed by atoms with Gasteiger partial charge in [0.15, 0.2) is 0 Å². The first-order chi connectivity index (χ1) is 12.9. The number of rotatable bonds is 8. The highest BCUT2D eigenvalue weighted by atomic mass is 32.2. The lowest BCUT2D eigenvalue weighted by molar-refractivity contribution is 0.188. The molecule has 0 bridgehead atoms. The topological polar surface area (TPSA) is 40.6 Å². The molecule has 0 spiro atoms. The Bertz CT molecular complexity index is 860. The average molecular weight is 387 g/mol. The summed E-state index contributed by atoms with van der Waals surface area (Å²) >= 11 is 0. The van der Waals surface area contributed by atoms with Crippen molar-refractivity contribution in [1.29, 1.82) is 0 Å². The first kappa shape index (κ1) is 20.1. The average Bonchev–Trinajstić information content (AvgIpc) is 3.06. The molecule has 3 rings (SSSR count). The van der Waals surface area contributed by atoms with Crippen LogP contribution in [0.4, 0.5) is 0 Å². The van der Waals surface area contributed by atoms with Gasteiger partial charge < -0.3 is 0 Å². The molecule has 2 aromatic rings. The van der Waals surface area contributed by atoms with E-state index < -0.39 is 10.0 Å². The Labute approximate surface area is 163 Å². The van der Waals surface area contributed by atoms with Gasteiger partial charge in [-0.25, -0.2) is 12.7 Å². The summed E-state index contributed by atoms with van der Waals surface area (Å²) in [4.78, 5) is 2.46. The number of sulfonamides is 1. The maximum atomic E-state index is 12.1. The molecule has 5 heteroatoms. The highest BCUT2D eigenvalue weighted by molar-refractivity contribution is 7.89. The van der Waals surface area contributed by atoms with Crippen molar-refractivity contribution in [2.24, 2.45) is 0 Å². The van der Waals surface area contributed by atoms with Crippen LogP contribution in [0.25, 0.3) is 0 Å². The Hall–Kier alpha value is -1.69. The van der Waals surface area contributed by atoms with Crippen LogP contribution in [0.5, 0.6) is 0 Å². The van der Waals surface area contributed by atoms with Crippen LogP contribution < -0.4 is 0 Å². The third-order valence-corrected chi connectivity index (χ3v) is 7.37. The fourth-order valence-corrected chi connectivity index (χ4v) is 4.68. The van der Waals surface area contributed by atoms with Gasteiger partial charge in [0, 0.05) is 33.2 Å². The number of benzene rings is 2. The van der Waals surface area contributed by atoms with Crippen LogP contribution in [0.15, 0.2) is 48.5 Å². The third kappa shape index (κ3) is 4.98. The molecule has 1 unspecified atom stereocenters.